The first-order valence-electron chi connectivity index (χ1n) is 9.81. The van der Waals surface area contributed by atoms with Gasteiger partial charge in [0, 0.05) is 13.2 Å². The Morgan fingerprint density at radius 3 is 1.45 bits per heavy atom. The standard InChI is InChI=1S/C20H41O2/c1-3-5-7-9-11-13-15-19(17-21)20(18-22)16-14-12-10-8-6-4-2/h19-22H,1,3-18H2,2H3. The van der Waals surface area contributed by atoms with Crippen LogP contribution in [0.3, 0.4) is 0 Å². The van der Waals surface area contributed by atoms with Gasteiger partial charge < -0.3 is 10.2 Å². The van der Waals surface area contributed by atoms with Crippen LogP contribution >= 0.6 is 0 Å². The fraction of sp³-hybridized carbons (Fsp3) is 0.950. The molecule has 0 aromatic rings. The van der Waals surface area contributed by atoms with E-state index >= 15 is 0 Å². The third kappa shape index (κ3) is 12.5. The summed E-state index contributed by atoms with van der Waals surface area (Å²) in [6.07, 6.45) is 17.2. The summed E-state index contributed by atoms with van der Waals surface area (Å²) in [5.74, 6) is 0.601. The summed E-state index contributed by atoms with van der Waals surface area (Å²) in [5.41, 5.74) is 0. The molecule has 133 valence electrons. The Hall–Kier alpha value is -0.0800. The number of hydrogen-bond acceptors (Lipinski definition) is 2. The van der Waals surface area contributed by atoms with Crippen LogP contribution in [0.25, 0.3) is 0 Å². The van der Waals surface area contributed by atoms with Crippen LogP contribution in [0, 0.1) is 18.8 Å². The summed E-state index contributed by atoms with van der Waals surface area (Å²) in [4.78, 5) is 0. The predicted octanol–water partition coefficient (Wildman–Crippen LogP) is 5.52. The number of rotatable bonds is 17. The van der Waals surface area contributed by atoms with Gasteiger partial charge in [0.05, 0.1) is 0 Å². The highest BCUT2D eigenvalue weighted by Gasteiger charge is 2.19. The van der Waals surface area contributed by atoms with Gasteiger partial charge in [0.15, 0.2) is 0 Å². The van der Waals surface area contributed by atoms with Crippen LogP contribution in [-0.4, -0.2) is 23.4 Å². The average molecular weight is 314 g/mol. The molecular formula is C20H41O2. The summed E-state index contributed by atoms with van der Waals surface area (Å²) >= 11 is 0. The van der Waals surface area contributed by atoms with E-state index in [0.717, 1.165) is 19.3 Å². The van der Waals surface area contributed by atoms with Gasteiger partial charge in [-0.15, -0.1) is 0 Å². The highest BCUT2D eigenvalue weighted by Crippen LogP contribution is 2.24. The van der Waals surface area contributed by atoms with Crippen molar-refractivity contribution in [2.75, 3.05) is 13.2 Å². The van der Waals surface area contributed by atoms with Gasteiger partial charge in [0.1, 0.15) is 0 Å². The second-order valence-electron chi connectivity index (χ2n) is 6.85. The molecule has 22 heavy (non-hydrogen) atoms. The van der Waals surface area contributed by atoms with Crippen LogP contribution in [0.5, 0.6) is 0 Å². The molecule has 0 aromatic carbocycles. The third-order valence-corrected chi connectivity index (χ3v) is 4.89. The predicted molar refractivity (Wildman–Crippen MR) is 96.8 cm³/mol. The lowest BCUT2D eigenvalue weighted by molar-refractivity contribution is 0.104. The van der Waals surface area contributed by atoms with Gasteiger partial charge in [-0.1, -0.05) is 90.9 Å². The highest BCUT2D eigenvalue weighted by atomic mass is 16.3. The molecule has 2 unspecified atom stereocenters. The Bertz CT molecular complexity index is 184. The Kier molecular flexibility index (Phi) is 17.2. The monoisotopic (exact) mass is 313 g/mol. The lowest BCUT2D eigenvalue weighted by atomic mass is 9.85. The molecule has 2 nitrogen and oxygen atoms in total. The zero-order valence-electron chi connectivity index (χ0n) is 15.1. The van der Waals surface area contributed by atoms with Gasteiger partial charge in [-0.25, -0.2) is 0 Å². The number of hydrogen-bond donors (Lipinski definition) is 2. The lowest BCUT2D eigenvalue weighted by Crippen LogP contribution is -2.22. The van der Waals surface area contributed by atoms with Gasteiger partial charge in [-0.3, -0.25) is 0 Å². The van der Waals surface area contributed by atoms with Crippen LogP contribution in [0.1, 0.15) is 96.8 Å². The summed E-state index contributed by atoms with van der Waals surface area (Å²) in [6, 6.07) is 0. The number of aliphatic hydroxyl groups is 2. The maximum atomic E-state index is 9.62. The summed E-state index contributed by atoms with van der Waals surface area (Å²) in [6.45, 7) is 6.59. The molecule has 0 rings (SSSR count). The molecule has 0 saturated heterocycles. The Morgan fingerprint density at radius 1 is 0.636 bits per heavy atom. The van der Waals surface area contributed by atoms with Crippen LogP contribution in [0.4, 0.5) is 0 Å². The van der Waals surface area contributed by atoms with Crippen LogP contribution in [0.2, 0.25) is 0 Å². The van der Waals surface area contributed by atoms with E-state index in [9.17, 15) is 10.2 Å². The van der Waals surface area contributed by atoms with Crippen molar-refractivity contribution in [1.82, 2.24) is 0 Å². The molecule has 0 bridgehead atoms. The molecule has 1 radical (unpaired) electrons. The zero-order chi connectivity index (χ0) is 16.5. The Balaban J connectivity index is 3.74. The van der Waals surface area contributed by atoms with Crippen LogP contribution in [0.15, 0.2) is 0 Å². The van der Waals surface area contributed by atoms with Gasteiger partial charge in [-0.05, 0) is 24.7 Å². The molecule has 0 spiro atoms. The van der Waals surface area contributed by atoms with Crippen molar-refractivity contribution < 1.29 is 10.2 Å². The van der Waals surface area contributed by atoms with E-state index < -0.39 is 0 Å². The van der Waals surface area contributed by atoms with Crippen molar-refractivity contribution in [2.24, 2.45) is 11.8 Å². The minimum Gasteiger partial charge on any atom is -0.396 e. The van der Waals surface area contributed by atoms with Crippen molar-refractivity contribution in [1.29, 1.82) is 0 Å². The molecule has 2 N–H and O–H groups in total. The largest absolute Gasteiger partial charge is 0.396 e. The fourth-order valence-corrected chi connectivity index (χ4v) is 3.25. The topological polar surface area (TPSA) is 40.5 Å². The summed E-state index contributed by atoms with van der Waals surface area (Å²) < 4.78 is 0. The Morgan fingerprint density at radius 2 is 1.05 bits per heavy atom. The van der Waals surface area contributed by atoms with Gasteiger partial charge in [0.2, 0.25) is 0 Å². The molecule has 0 saturated carbocycles. The molecule has 0 heterocycles. The smallest absolute Gasteiger partial charge is 0.0462 e. The van der Waals surface area contributed by atoms with Crippen molar-refractivity contribution >= 4 is 0 Å². The second-order valence-corrected chi connectivity index (χ2v) is 6.85. The van der Waals surface area contributed by atoms with Crippen molar-refractivity contribution in [3.05, 3.63) is 6.92 Å². The van der Waals surface area contributed by atoms with Gasteiger partial charge in [-0.2, -0.15) is 0 Å². The first-order chi connectivity index (χ1) is 10.8. The quantitative estimate of drug-likeness (QED) is 0.347. The average Bonchev–Trinajstić information content (AvgIpc) is 2.54. The van der Waals surface area contributed by atoms with E-state index in [4.69, 9.17) is 0 Å². The SMILES string of the molecule is [CH2]CCCCCCCC(CO)C(CO)CCCCCCCC. The normalized spacial score (nSPS) is 14.2. The zero-order valence-corrected chi connectivity index (χ0v) is 15.1. The molecular weight excluding hydrogens is 272 g/mol. The van der Waals surface area contributed by atoms with Crippen molar-refractivity contribution in [3.63, 3.8) is 0 Å². The van der Waals surface area contributed by atoms with Gasteiger partial charge in [0.25, 0.3) is 0 Å². The van der Waals surface area contributed by atoms with Crippen molar-refractivity contribution in [2.45, 2.75) is 96.8 Å². The maximum absolute atomic E-state index is 9.62. The van der Waals surface area contributed by atoms with Gasteiger partial charge >= 0.3 is 0 Å². The first kappa shape index (κ1) is 21.9. The number of aliphatic hydroxyl groups excluding tert-OH is 2. The fourth-order valence-electron chi connectivity index (χ4n) is 3.25. The molecule has 0 aliphatic rings. The highest BCUT2D eigenvalue weighted by molar-refractivity contribution is 4.69. The second kappa shape index (κ2) is 17.3. The van der Waals surface area contributed by atoms with E-state index in [-0.39, 0.29) is 13.2 Å². The molecule has 0 fully saturated rings. The van der Waals surface area contributed by atoms with E-state index in [0.29, 0.717) is 11.8 Å². The van der Waals surface area contributed by atoms with E-state index in [1.54, 1.807) is 0 Å². The molecule has 0 aromatic heterocycles. The summed E-state index contributed by atoms with van der Waals surface area (Å²) in [7, 11) is 0. The Labute approximate surface area is 139 Å². The van der Waals surface area contributed by atoms with E-state index in [1.165, 1.54) is 70.6 Å². The summed E-state index contributed by atoms with van der Waals surface area (Å²) in [5, 5.41) is 19.2. The minimum atomic E-state index is 0.236. The van der Waals surface area contributed by atoms with E-state index in [1.807, 2.05) is 0 Å². The molecule has 2 heteroatoms. The third-order valence-electron chi connectivity index (χ3n) is 4.89. The maximum Gasteiger partial charge on any atom is 0.0462 e. The van der Waals surface area contributed by atoms with Crippen molar-refractivity contribution in [3.8, 4) is 0 Å². The molecule has 0 amide bonds. The van der Waals surface area contributed by atoms with Crippen LogP contribution < -0.4 is 0 Å². The first-order valence-corrected chi connectivity index (χ1v) is 9.81. The molecule has 0 aliphatic carbocycles. The van der Waals surface area contributed by atoms with Crippen LogP contribution in [-0.2, 0) is 0 Å². The molecule has 0 aliphatic heterocycles. The van der Waals surface area contributed by atoms with E-state index in [2.05, 4.69) is 13.8 Å². The minimum absolute atomic E-state index is 0.236. The lowest BCUT2D eigenvalue weighted by Gasteiger charge is -2.24. The molecule has 2 atom stereocenters. The number of unbranched alkanes of at least 4 members (excludes halogenated alkanes) is 10.